The number of nitrogens with two attached hydrogens (primary N) is 1. The fraction of sp³-hybridized carbons (Fsp3) is 0.714. The minimum Gasteiger partial charge on any atom is -0.451 e. The summed E-state index contributed by atoms with van der Waals surface area (Å²) in [5, 5.41) is 0. The molecule has 0 aromatic carbocycles. The molecule has 2 N–H and O–H groups in total. The third-order valence-electron chi connectivity index (χ3n) is 4.30. The molecule has 1 aliphatic carbocycles. The molecule has 21 heavy (non-hydrogen) atoms. The number of nitrogens with zero attached hydrogens (tertiary/aromatic N) is 1. The predicted molar refractivity (Wildman–Crippen MR) is 71.5 cm³/mol. The van der Waals surface area contributed by atoms with Gasteiger partial charge < -0.3 is 10.5 Å². The minimum atomic E-state index is -1.09. The SMILES string of the molecule is C[C@H](OC(=O)[C@H](C)N1C(=O)[C@H]2CCCC[C@H]2C1=O)C(N)=O. The lowest BCUT2D eigenvalue weighted by molar-refractivity contribution is -0.163. The van der Waals surface area contributed by atoms with E-state index in [1.807, 2.05) is 0 Å². The first-order valence-corrected chi connectivity index (χ1v) is 7.21. The Morgan fingerprint density at radius 3 is 2.05 bits per heavy atom. The third kappa shape index (κ3) is 2.77. The van der Waals surface area contributed by atoms with Gasteiger partial charge in [0.05, 0.1) is 11.8 Å². The average Bonchev–Trinajstić information content (AvgIpc) is 2.70. The Hall–Kier alpha value is -1.92. The van der Waals surface area contributed by atoms with E-state index in [1.54, 1.807) is 0 Å². The predicted octanol–water partition coefficient (Wildman–Crippen LogP) is -0.0329. The molecule has 0 aromatic rings. The molecule has 2 aliphatic rings. The van der Waals surface area contributed by atoms with E-state index in [-0.39, 0.29) is 23.7 Å². The lowest BCUT2D eigenvalue weighted by Crippen LogP contribution is -2.46. The van der Waals surface area contributed by atoms with Crippen molar-refractivity contribution in [2.45, 2.75) is 51.7 Å². The van der Waals surface area contributed by atoms with Gasteiger partial charge in [0, 0.05) is 0 Å². The Labute approximate surface area is 122 Å². The summed E-state index contributed by atoms with van der Waals surface area (Å²) in [6.45, 7) is 2.78. The summed E-state index contributed by atoms with van der Waals surface area (Å²) >= 11 is 0. The Bertz CT molecular complexity index is 466. The number of ether oxygens (including phenoxy) is 1. The van der Waals surface area contributed by atoms with Crippen molar-refractivity contribution in [3.8, 4) is 0 Å². The minimum absolute atomic E-state index is 0.305. The van der Waals surface area contributed by atoms with Gasteiger partial charge in [-0.25, -0.2) is 4.79 Å². The second-order valence-corrected chi connectivity index (χ2v) is 5.70. The van der Waals surface area contributed by atoms with Crippen LogP contribution >= 0.6 is 0 Å². The second kappa shape index (κ2) is 5.83. The lowest BCUT2D eigenvalue weighted by Gasteiger charge is -2.22. The van der Waals surface area contributed by atoms with Gasteiger partial charge in [0.2, 0.25) is 11.8 Å². The highest BCUT2D eigenvalue weighted by Gasteiger charge is 2.51. The van der Waals surface area contributed by atoms with Crippen LogP contribution in [0.3, 0.4) is 0 Å². The maximum Gasteiger partial charge on any atom is 0.329 e. The topological polar surface area (TPSA) is 107 Å². The van der Waals surface area contributed by atoms with Crippen molar-refractivity contribution in [3.05, 3.63) is 0 Å². The standard InChI is InChI=1S/C14H20N2O5/c1-7(14(20)21-8(2)11(15)17)16-12(18)9-5-3-4-6-10(9)13(16)19/h7-10H,3-6H2,1-2H3,(H2,15,17)/t7-,8-,9-,10+/m0/s1. The van der Waals surface area contributed by atoms with E-state index in [0.29, 0.717) is 12.8 Å². The van der Waals surface area contributed by atoms with Crippen LogP contribution in [0.25, 0.3) is 0 Å². The fourth-order valence-corrected chi connectivity index (χ4v) is 3.01. The van der Waals surface area contributed by atoms with Gasteiger partial charge in [0.25, 0.3) is 5.91 Å². The number of likely N-dealkylation sites (tertiary alicyclic amines) is 1. The molecule has 1 heterocycles. The van der Waals surface area contributed by atoms with Crippen molar-refractivity contribution in [2.75, 3.05) is 0 Å². The van der Waals surface area contributed by atoms with E-state index in [4.69, 9.17) is 10.5 Å². The first-order valence-electron chi connectivity index (χ1n) is 7.21. The number of primary amides is 1. The number of imide groups is 1. The normalized spacial score (nSPS) is 28.0. The highest BCUT2D eigenvalue weighted by Crippen LogP contribution is 2.38. The molecule has 2 rings (SSSR count). The zero-order valence-electron chi connectivity index (χ0n) is 12.2. The highest BCUT2D eigenvalue weighted by atomic mass is 16.5. The summed E-state index contributed by atoms with van der Waals surface area (Å²) < 4.78 is 4.88. The summed E-state index contributed by atoms with van der Waals surface area (Å²) in [4.78, 5) is 48.5. The van der Waals surface area contributed by atoms with Crippen LogP contribution in [0.1, 0.15) is 39.5 Å². The molecule has 7 nitrogen and oxygen atoms in total. The molecule has 0 spiro atoms. The highest BCUT2D eigenvalue weighted by molar-refractivity contribution is 6.07. The number of esters is 1. The number of rotatable bonds is 4. The summed E-state index contributed by atoms with van der Waals surface area (Å²) in [6.07, 6.45) is 2.13. The van der Waals surface area contributed by atoms with Crippen molar-refractivity contribution in [2.24, 2.45) is 17.6 Å². The number of carbonyl (C=O) groups is 4. The monoisotopic (exact) mass is 296 g/mol. The lowest BCUT2D eigenvalue weighted by atomic mass is 9.81. The van der Waals surface area contributed by atoms with Crippen LogP contribution in [0.15, 0.2) is 0 Å². The molecule has 0 radical (unpaired) electrons. The van der Waals surface area contributed by atoms with Gasteiger partial charge in [0.15, 0.2) is 6.10 Å². The van der Waals surface area contributed by atoms with Gasteiger partial charge in [-0.2, -0.15) is 0 Å². The number of hydrogen-bond donors (Lipinski definition) is 1. The van der Waals surface area contributed by atoms with Crippen molar-refractivity contribution in [1.82, 2.24) is 4.90 Å². The van der Waals surface area contributed by atoms with Crippen LogP contribution in [-0.4, -0.2) is 40.7 Å². The van der Waals surface area contributed by atoms with Crippen molar-refractivity contribution >= 4 is 23.7 Å². The molecule has 4 atom stereocenters. The summed E-state index contributed by atoms with van der Waals surface area (Å²) in [6, 6.07) is -1.03. The summed E-state index contributed by atoms with van der Waals surface area (Å²) in [5.74, 6) is -2.79. The van der Waals surface area contributed by atoms with Crippen LogP contribution in [0.5, 0.6) is 0 Å². The van der Waals surface area contributed by atoms with Crippen molar-refractivity contribution < 1.29 is 23.9 Å². The van der Waals surface area contributed by atoms with Crippen LogP contribution in [-0.2, 0) is 23.9 Å². The maximum atomic E-state index is 12.3. The fourth-order valence-electron chi connectivity index (χ4n) is 3.01. The molecule has 1 saturated carbocycles. The molecule has 116 valence electrons. The smallest absolute Gasteiger partial charge is 0.329 e. The van der Waals surface area contributed by atoms with Crippen LogP contribution in [0.2, 0.25) is 0 Å². The van der Waals surface area contributed by atoms with E-state index in [1.165, 1.54) is 13.8 Å². The maximum absolute atomic E-state index is 12.3. The molecular formula is C14H20N2O5. The van der Waals surface area contributed by atoms with Gasteiger partial charge >= 0.3 is 5.97 Å². The average molecular weight is 296 g/mol. The molecule has 0 aromatic heterocycles. The zero-order chi connectivity index (χ0) is 15.7. The molecule has 1 saturated heterocycles. The van der Waals surface area contributed by atoms with Gasteiger partial charge in [-0.15, -0.1) is 0 Å². The zero-order valence-corrected chi connectivity index (χ0v) is 12.2. The Kier molecular flexibility index (Phi) is 4.29. The molecule has 7 heteroatoms. The first kappa shape index (κ1) is 15.5. The molecule has 1 aliphatic heterocycles. The van der Waals surface area contributed by atoms with E-state index in [0.717, 1.165) is 17.7 Å². The molecule has 0 bridgehead atoms. The van der Waals surface area contributed by atoms with Gasteiger partial charge in [0.1, 0.15) is 6.04 Å². The second-order valence-electron chi connectivity index (χ2n) is 5.70. The van der Waals surface area contributed by atoms with Gasteiger partial charge in [-0.1, -0.05) is 12.8 Å². The molecule has 3 amide bonds. The van der Waals surface area contributed by atoms with Gasteiger partial charge in [-0.05, 0) is 26.7 Å². The quantitative estimate of drug-likeness (QED) is 0.579. The molecule has 0 unspecified atom stereocenters. The van der Waals surface area contributed by atoms with Crippen LogP contribution in [0, 0.1) is 11.8 Å². The Balaban J connectivity index is 2.09. The summed E-state index contributed by atoms with van der Waals surface area (Å²) in [5.41, 5.74) is 5.02. The first-order chi connectivity index (χ1) is 9.84. The van der Waals surface area contributed by atoms with Crippen molar-refractivity contribution in [1.29, 1.82) is 0 Å². The van der Waals surface area contributed by atoms with E-state index < -0.39 is 24.0 Å². The van der Waals surface area contributed by atoms with Crippen LogP contribution in [0.4, 0.5) is 0 Å². The molecule has 2 fully saturated rings. The number of hydrogen-bond acceptors (Lipinski definition) is 5. The van der Waals surface area contributed by atoms with E-state index in [9.17, 15) is 19.2 Å². The van der Waals surface area contributed by atoms with E-state index >= 15 is 0 Å². The summed E-state index contributed by atoms with van der Waals surface area (Å²) in [7, 11) is 0. The number of carbonyl (C=O) groups excluding carboxylic acids is 4. The number of amides is 3. The molecular weight excluding hydrogens is 276 g/mol. The van der Waals surface area contributed by atoms with E-state index in [2.05, 4.69) is 0 Å². The van der Waals surface area contributed by atoms with Gasteiger partial charge in [-0.3, -0.25) is 19.3 Å². The Morgan fingerprint density at radius 1 is 1.14 bits per heavy atom. The van der Waals surface area contributed by atoms with Crippen molar-refractivity contribution in [3.63, 3.8) is 0 Å². The Morgan fingerprint density at radius 2 is 1.62 bits per heavy atom. The third-order valence-corrected chi connectivity index (χ3v) is 4.30. The number of fused-ring (bicyclic) bond motifs is 1. The largest absolute Gasteiger partial charge is 0.451 e. The van der Waals surface area contributed by atoms with Crippen LogP contribution < -0.4 is 5.73 Å².